The number of hydrogen-bond donors (Lipinski definition) is 2. The van der Waals surface area contributed by atoms with Crippen LogP contribution < -0.4 is 10.4 Å². The summed E-state index contributed by atoms with van der Waals surface area (Å²) in [6, 6.07) is 16.2. The van der Waals surface area contributed by atoms with Crippen molar-refractivity contribution in [3.63, 3.8) is 0 Å². The number of fused-ring (bicyclic) bond motifs is 1. The summed E-state index contributed by atoms with van der Waals surface area (Å²) in [6.45, 7) is 1.84. The van der Waals surface area contributed by atoms with E-state index in [1.54, 1.807) is 30.4 Å². The molecular formula is C21H16Cl2NO4PS2. The molecule has 4 aromatic rings. The highest BCUT2D eigenvalue weighted by Crippen LogP contribution is 2.50. The Bertz CT molecular complexity index is 1300. The molecule has 0 bridgehead atoms. The first-order chi connectivity index (χ1) is 14.8. The van der Waals surface area contributed by atoms with E-state index in [0.29, 0.717) is 5.02 Å². The molecule has 0 radical (unpaired) electrons. The standard InChI is InChI=1S/C21H16Cl2NO4PS2/c1-2-28-29(27,16-8-7-13(22)10-14(16)23)24-15-11-19(31-20(15)21(25)26)18-9-12-5-3-4-6-17(12)30-18/h3-11H,2H2,1H3,(H,24,27)(H,25,26). The van der Waals surface area contributed by atoms with Crippen molar-refractivity contribution in [2.75, 3.05) is 11.7 Å². The van der Waals surface area contributed by atoms with Crippen LogP contribution in [0.1, 0.15) is 16.6 Å². The molecule has 2 N–H and O–H groups in total. The molecule has 10 heteroatoms. The number of nitrogens with one attached hydrogen (secondary N) is 1. The van der Waals surface area contributed by atoms with Gasteiger partial charge in [-0.15, -0.1) is 22.7 Å². The summed E-state index contributed by atoms with van der Waals surface area (Å²) >= 11 is 14.9. The maximum atomic E-state index is 13.7. The van der Waals surface area contributed by atoms with Crippen molar-refractivity contribution in [2.24, 2.45) is 0 Å². The second kappa shape index (κ2) is 8.94. The Morgan fingerprint density at radius 2 is 1.84 bits per heavy atom. The largest absolute Gasteiger partial charge is 0.477 e. The Morgan fingerprint density at radius 1 is 1.10 bits per heavy atom. The van der Waals surface area contributed by atoms with Crippen LogP contribution in [0.15, 0.2) is 54.6 Å². The van der Waals surface area contributed by atoms with E-state index in [4.69, 9.17) is 27.7 Å². The number of carboxylic acids is 1. The number of thiophene rings is 2. The van der Waals surface area contributed by atoms with Crippen molar-refractivity contribution in [1.29, 1.82) is 0 Å². The second-order valence-electron chi connectivity index (χ2n) is 6.48. The van der Waals surface area contributed by atoms with Gasteiger partial charge in [0.1, 0.15) is 4.88 Å². The van der Waals surface area contributed by atoms with Crippen molar-refractivity contribution in [3.8, 4) is 9.75 Å². The first kappa shape index (κ1) is 22.3. The average Bonchev–Trinajstić information content (AvgIpc) is 3.31. The summed E-state index contributed by atoms with van der Waals surface area (Å²) < 4.78 is 20.4. The molecule has 0 spiro atoms. The summed E-state index contributed by atoms with van der Waals surface area (Å²) in [6.07, 6.45) is 0. The Kier molecular flexibility index (Phi) is 6.44. The van der Waals surface area contributed by atoms with E-state index >= 15 is 0 Å². The molecule has 31 heavy (non-hydrogen) atoms. The summed E-state index contributed by atoms with van der Waals surface area (Å²) in [4.78, 5) is 13.7. The molecular weight excluding hydrogens is 496 g/mol. The van der Waals surface area contributed by atoms with Gasteiger partial charge in [-0.1, -0.05) is 41.4 Å². The van der Waals surface area contributed by atoms with Crippen LogP contribution in [0.3, 0.4) is 0 Å². The lowest BCUT2D eigenvalue weighted by Gasteiger charge is -2.21. The van der Waals surface area contributed by atoms with E-state index in [0.717, 1.165) is 31.2 Å². The van der Waals surface area contributed by atoms with Gasteiger partial charge in [0.15, 0.2) is 0 Å². The lowest BCUT2D eigenvalue weighted by molar-refractivity contribution is 0.0703. The van der Waals surface area contributed by atoms with Crippen molar-refractivity contribution < 1.29 is 19.0 Å². The molecule has 2 aromatic heterocycles. The second-order valence-corrected chi connectivity index (χ2v) is 11.5. The third-order valence-electron chi connectivity index (χ3n) is 4.40. The molecule has 160 valence electrons. The minimum Gasteiger partial charge on any atom is -0.477 e. The van der Waals surface area contributed by atoms with Gasteiger partial charge < -0.3 is 14.7 Å². The summed E-state index contributed by atoms with van der Waals surface area (Å²) in [7, 11) is -3.72. The molecule has 0 fully saturated rings. The van der Waals surface area contributed by atoms with Crippen LogP contribution in [0.4, 0.5) is 5.69 Å². The Balaban J connectivity index is 1.78. The van der Waals surface area contributed by atoms with Crippen LogP contribution in [0.25, 0.3) is 19.8 Å². The van der Waals surface area contributed by atoms with Gasteiger partial charge in [0, 0.05) is 19.5 Å². The monoisotopic (exact) mass is 511 g/mol. The lowest BCUT2D eigenvalue weighted by atomic mass is 10.2. The molecule has 0 saturated heterocycles. The van der Waals surface area contributed by atoms with Crippen LogP contribution in [0.5, 0.6) is 0 Å². The van der Waals surface area contributed by atoms with Gasteiger partial charge in [0.25, 0.3) is 0 Å². The predicted molar refractivity (Wildman–Crippen MR) is 131 cm³/mol. The zero-order chi connectivity index (χ0) is 22.2. The van der Waals surface area contributed by atoms with Gasteiger partial charge >= 0.3 is 13.5 Å². The number of aromatic carboxylic acids is 1. The molecule has 0 aliphatic rings. The molecule has 1 atom stereocenters. The predicted octanol–water partition coefficient (Wildman–Crippen LogP) is 7.60. The topological polar surface area (TPSA) is 75.6 Å². The molecule has 5 nitrogen and oxygen atoms in total. The maximum absolute atomic E-state index is 13.7. The van der Waals surface area contributed by atoms with Crippen molar-refractivity contribution in [1.82, 2.24) is 0 Å². The number of benzene rings is 2. The fourth-order valence-electron chi connectivity index (χ4n) is 3.08. The molecule has 2 aromatic carbocycles. The fraction of sp³-hybridized carbons (Fsp3) is 0.0952. The molecule has 0 aliphatic carbocycles. The van der Waals surface area contributed by atoms with Gasteiger partial charge in [-0.25, -0.2) is 4.79 Å². The maximum Gasteiger partial charge on any atom is 0.348 e. The molecule has 2 heterocycles. The normalized spacial score (nSPS) is 13.3. The first-order valence-electron chi connectivity index (χ1n) is 9.15. The smallest absolute Gasteiger partial charge is 0.348 e. The highest BCUT2D eigenvalue weighted by Gasteiger charge is 2.31. The highest BCUT2D eigenvalue weighted by atomic mass is 35.5. The van der Waals surface area contributed by atoms with Crippen LogP contribution in [0, 0.1) is 0 Å². The Hall–Kier alpha value is -1.86. The van der Waals surface area contributed by atoms with Gasteiger partial charge in [-0.3, -0.25) is 4.57 Å². The van der Waals surface area contributed by atoms with Crippen LogP contribution in [0.2, 0.25) is 10.0 Å². The van der Waals surface area contributed by atoms with Gasteiger partial charge in [-0.05, 0) is 48.7 Å². The van der Waals surface area contributed by atoms with E-state index in [1.165, 1.54) is 12.1 Å². The van der Waals surface area contributed by atoms with E-state index in [1.807, 2.05) is 30.3 Å². The number of carbonyl (C=O) groups is 1. The molecule has 0 aliphatic heterocycles. The van der Waals surface area contributed by atoms with Gasteiger partial charge in [-0.2, -0.15) is 0 Å². The minimum absolute atomic E-state index is 0.0393. The zero-order valence-corrected chi connectivity index (χ0v) is 20.1. The minimum atomic E-state index is -3.72. The Morgan fingerprint density at radius 3 is 2.52 bits per heavy atom. The van der Waals surface area contributed by atoms with Crippen LogP contribution >= 0.6 is 53.4 Å². The summed E-state index contributed by atoms with van der Waals surface area (Å²) in [5, 5.41) is 14.5. The van der Waals surface area contributed by atoms with Crippen molar-refractivity contribution in [3.05, 3.63) is 69.5 Å². The zero-order valence-electron chi connectivity index (χ0n) is 16.1. The fourth-order valence-corrected chi connectivity index (χ4v) is 7.78. The number of hydrogen-bond acceptors (Lipinski definition) is 5. The van der Waals surface area contributed by atoms with E-state index in [2.05, 4.69) is 5.09 Å². The summed E-state index contributed by atoms with van der Waals surface area (Å²) in [5.74, 6) is -1.12. The van der Waals surface area contributed by atoms with Crippen LogP contribution in [-0.2, 0) is 9.09 Å². The quantitative estimate of drug-likeness (QED) is 0.250. The number of halogens is 2. The van der Waals surface area contributed by atoms with E-state index in [9.17, 15) is 14.5 Å². The molecule has 4 rings (SSSR count). The first-order valence-corrected chi connectivity index (χ1v) is 13.2. The van der Waals surface area contributed by atoms with Crippen molar-refractivity contribution >= 4 is 80.4 Å². The number of carboxylic acid groups (broad SMARTS) is 1. The lowest BCUT2D eigenvalue weighted by Crippen LogP contribution is -2.16. The molecule has 0 saturated carbocycles. The van der Waals surface area contributed by atoms with Gasteiger partial charge in [0.05, 0.1) is 22.6 Å². The SMILES string of the molecule is CCOP(=O)(Nc1cc(-c2cc3ccccc3s2)sc1C(=O)O)c1ccc(Cl)cc1Cl. The molecule has 0 amide bonds. The average molecular weight is 512 g/mol. The summed E-state index contributed by atoms with van der Waals surface area (Å²) in [5.41, 5.74) is 0.216. The van der Waals surface area contributed by atoms with Crippen LogP contribution in [-0.4, -0.2) is 17.7 Å². The number of rotatable bonds is 7. The molecule has 1 unspecified atom stereocenters. The third kappa shape index (κ3) is 4.53. The Labute approximate surface area is 196 Å². The van der Waals surface area contributed by atoms with Gasteiger partial charge in [0.2, 0.25) is 0 Å². The third-order valence-corrected chi connectivity index (χ3v) is 9.70. The van der Waals surface area contributed by atoms with E-state index in [-0.39, 0.29) is 27.5 Å². The van der Waals surface area contributed by atoms with E-state index < -0.39 is 13.5 Å². The number of anilines is 1. The van der Waals surface area contributed by atoms with Crippen molar-refractivity contribution in [2.45, 2.75) is 6.92 Å². The highest BCUT2D eigenvalue weighted by molar-refractivity contribution is 7.68.